The SMILES string of the molecule is CC#N.CN1CCC[C@H]1CNc1nc2c(c(N3CCN(C(=O)OCc4ccccc4)[C@@H](CC#N)C3)n1)CCN(c1cccc3ccccc13)C2. The summed E-state index contributed by atoms with van der Waals surface area (Å²) in [6.07, 6.45) is 3.01. The van der Waals surface area contributed by atoms with Crippen molar-refractivity contribution in [1.29, 1.82) is 10.5 Å². The van der Waals surface area contributed by atoms with Crippen LogP contribution in [-0.4, -0.2) is 84.3 Å². The fraction of sp³-hybridized carbons (Fsp3) is 0.410. The molecule has 2 atom stereocenters. The second kappa shape index (κ2) is 16.3. The maximum Gasteiger partial charge on any atom is 0.410 e. The zero-order chi connectivity index (χ0) is 34.9. The van der Waals surface area contributed by atoms with E-state index in [0.29, 0.717) is 38.2 Å². The van der Waals surface area contributed by atoms with E-state index in [1.165, 1.54) is 29.8 Å². The van der Waals surface area contributed by atoms with Crippen molar-refractivity contribution in [2.24, 2.45) is 0 Å². The number of nitrogens with one attached hydrogen (secondary N) is 1. The molecule has 50 heavy (non-hydrogen) atoms. The number of benzene rings is 3. The van der Waals surface area contributed by atoms with Crippen LogP contribution in [0.15, 0.2) is 72.8 Å². The summed E-state index contributed by atoms with van der Waals surface area (Å²) in [4.78, 5) is 32.3. The first-order valence-electron chi connectivity index (χ1n) is 17.5. The molecule has 1 aromatic heterocycles. The van der Waals surface area contributed by atoms with Gasteiger partial charge >= 0.3 is 6.09 Å². The van der Waals surface area contributed by atoms with Crippen molar-refractivity contribution >= 4 is 34.3 Å². The fourth-order valence-corrected chi connectivity index (χ4v) is 7.26. The summed E-state index contributed by atoms with van der Waals surface area (Å²) in [5.74, 6) is 1.55. The normalized spacial score (nSPS) is 18.8. The second-order valence-electron chi connectivity index (χ2n) is 13.0. The van der Waals surface area contributed by atoms with Gasteiger partial charge in [0.15, 0.2) is 0 Å². The molecule has 1 N–H and O–H groups in total. The second-order valence-corrected chi connectivity index (χ2v) is 13.0. The number of likely N-dealkylation sites (N-methyl/N-ethyl adjacent to an activating group) is 1. The molecule has 0 radical (unpaired) electrons. The molecular formula is C39H45N9O2. The quantitative estimate of drug-likeness (QED) is 0.240. The number of anilines is 3. The van der Waals surface area contributed by atoms with Gasteiger partial charge in [-0.1, -0.05) is 66.7 Å². The molecule has 2 saturated heterocycles. The standard InChI is InChI=1S/C37H42N8O2.C2H3N/c1-42-19-8-13-29(42)23-39-36-40-33-25-43(34-15-7-12-28-11-5-6-14-31(28)34)20-17-32(33)35(41-36)44-21-22-45(30(24-44)16-18-38)37(46)47-26-27-9-3-2-4-10-27;1-2-3/h2-7,9-12,14-15,29-30H,8,13,16-17,19-26H2,1H3,(H,39,40,41);1H3/t29-,30-;/m0./s1. The molecule has 11 heteroatoms. The van der Waals surface area contributed by atoms with Crippen molar-refractivity contribution in [3.8, 4) is 12.1 Å². The van der Waals surface area contributed by atoms with E-state index in [-0.39, 0.29) is 25.2 Å². The number of aromatic nitrogens is 2. The van der Waals surface area contributed by atoms with Gasteiger partial charge in [0.2, 0.25) is 5.95 Å². The average molecular weight is 672 g/mol. The Kier molecular flexibility index (Phi) is 11.3. The van der Waals surface area contributed by atoms with Crippen molar-refractivity contribution in [2.75, 3.05) is 61.4 Å². The molecule has 0 saturated carbocycles. The largest absolute Gasteiger partial charge is 0.445 e. The number of hydrogen-bond donors (Lipinski definition) is 1. The number of piperazine rings is 1. The minimum atomic E-state index is -0.382. The number of likely N-dealkylation sites (tertiary alicyclic amines) is 1. The van der Waals surface area contributed by atoms with E-state index in [2.05, 4.69) is 75.6 Å². The van der Waals surface area contributed by atoms with Crippen LogP contribution in [0.3, 0.4) is 0 Å². The topological polar surface area (TPSA) is 125 Å². The van der Waals surface area contributed by atoms with E-state index in [0.717, 1.165) is 55.1 Å². The molecule has 0 bridgehead atoms. The van der Waals surface area contributed by atoms with Gasteiger partial charge in [0.1, 0.15) is 12.4 Å². The summed E-state index contributed by atoms with van der Waals surface area (Å²) >= 11 is 0. The monoisotopic (exact) mass is 671 g/mol. The molecule has 7 rings (SSSR count). The molecule has 4 aromatic rings. The predicted molar refractivity (Wildman–Crippen MR) is 196 cm³/mol. The van der Waals surface area contributed by atoms with Crippen LogP contribution < -0.4 is 15.1 Å². The first-order chi connectivity index (χ1) is 24.5. The summed E-state index contributed by atoms with van der Waals surface area (Å²) in [5, 5.41) is 23.1. The lowest BCUT2D eigenvalue weighted by atomic mass is 10.0. The van der Waals surface area contributed by atoms with Crippen molar-refractivity contribution in [3.63, 3.8) is 0 Å². The van der Waals surface area contributed by atoms with E-state index in [1.807, 2.05) is 30.3 Å². The molecular weight excluding hydrogens is 626 g/mol. The maximum absolute atomic E-state index is 13.2. The highest BCUT2D eigenvalue weighted by molar-refractivity contribution is 5.94. The number of carbonyl (C=O) groups is 1. The number of amides is 1. The molecule has 0 spiro atoms. The first kappa shape index (κ1) is 34.5. The average Bonchev–Trinajstić information content (AvgIpc) is 3.57. The highest BCUT2D eigenvalue weighted by Gasteiger charge is 2.35. The van der Waals surface area contributed by atoms with Crippen molar-refractivity contribution in [1.82, 2.24) is 19.8 Å². The molecule has 3 aliphatic rings. The lowest BCUT2D eigenvalue weighted by molar-refractivity contribution is 0.0768. The van der Waals surface area contributed by atoms with E-state index < -0.39 is 0 Å². The molecule has 0 unspecified atom stereocenters. The molecule has 0 aliphatic carbocycles. The van der Waals surface area contributed by atoms with Crippen LogP contribution in [0, 0.1) is 22.7 Å². The highest BCUT2D eigenvalue weighted by Crippen LogP contribution is 2.34. The number of ether oxygens (including phenoxy) is 1. The third-order valence-electron chi connectivity index (χ3n) is 9.87. The summed E-state index contributed by atoms with van der Waals surface area (Å²) in [5.41, 5.74) is 4.33. The zero-order valence-electron chi connectivity index (χ0n) is 29.0. The smallest absolute Gasteiger partial charge is 0.410 e. The lowest BCUT2D eigenvalue weighted by Gasteiger charge is -2.42. The Hall–Kier alpha value is -5.39. The van der Waals surface area contributed by atoms with Crippen LogP contribution in [0.5, 0.6) is 0 Å². The van der Waals surface area contributed by atoms with Crippen molar-refractivity contribution in [3.05, 3.63) is 89.6 Å². The van der Waals surface area contributed by atoms with E-state index in [4.69, 9.17) is 20.0 Å². The van der Waals surface area contributed by atoms with Crippen LogP contribution >= 0.6 is 0 Å². The van der Waals surface area contributed by atoms with Gasteiger partial charge in [-0.05, 0) is 49.9 Å². The number of nitriles is 2. The predicted octanol–water partition coefficient (Wildman–Crippen LogP) is 5.97. The molecule has 1 amide bonds. The van der Waals surface area contributed by atoms with Gasteiger partial charge in [-0.15, -0.1) is 0 Å². The van der Waals surface area contributed by atoms with Gasteiger partial charge in [0.05, 0.1) is 36.8 Å². The lowest BCUT2D eigenvalue weighted by Crippen LogP contribution is -2.55. The third kappa shape index (κ3) is 7.90. The van der Waals surface area contributed by atoms with E-state index >= 15 is 0 Å². The number of carbonyl (C=O) groups excluding carboxylic acids is 1. The van der Waals surface area contributed by atoms with Gasteiger partial charge in [-0.2, -0.15) is 15.5 Å². The van der Waals surface area contributed by atoms with Crippen LogP contribution in [0.25, 0.3) is 10.8 Å². The Morgan fingerprint density at radius 3 is 2.50 bits per heavy atom. The van der Waals surface area contributed by atoms with Gasteiger partial charge in [-0.3, -0.25) is 0 Å². The highest BCUT2D eigenvalue weighted by atomic mass is 16.6. The summed E-state index contributed by atoms with van der Waals surface area (Å²) < 4.78 is 5.68. The summed E-state index contributed by atoms with van der Waals surface area (Å²) in [6.45, 7) is 6.64. The number of fused-ring (bicyclic) bond motifs is 2. The van der Waals surface area contributed by atoms with E-state index in [9.17, 15) is 10.1 Å². The van der Waals surface area contributed by atoms with Crippen molar-refractivity contribution in [2.45, 2.75) is 57.8 Å². The Morgan fingerprint density at radius 1 is 0.940 bits per heavy atom. The summed E-state index contributed by atoms with van der Waals surface area (Å²) in [7, 11) is 2.18. The van der Waals surface area contributed by atoms with Crippen molar-refractivity contribution < 1.29 is 9.53 Å². The number of nitrogens with zero attached hydrogens (tertiary/aromatic N) is 8. The Labute approximate surface area is 294 Å². The Balaban J connectivity index is 0.00000139. The fourth-order valence-electron chi connectivity index (χ4n) is 7.26. The molecule has 258 valence electrons. The molecule has 3 aromatic carbocycles. The third-order valence-corrected chi connectivity index (χ3v) is 9.87. The summed E-state index contributed by atoms with van der Waals surface area (Å²) in [6, 6.07) is 28.9. The number of rotatable bonds is 8. The van der Waals surface area contributed by atoms with Gasteiger partial charge < -0.3 is 29.7 Å². The van der Waals surface area contributed by atoms with Crippen LogP contribution in [-0.2, 0) is 24.3 Å². The van der Waals surface area contributed by atoms with Crippen LogP contribution in [0.2, 0.25) is 0 Å². The van der Waals surface area contributed by atoms with Crippen LogP contribution in [0.4, 0.5) is 22.2 Å². The van der Waals surface area contributed by atoms with Gasteiger partial charge in [0, 0.05) is 62.3 Å². The van der Waals surface area contributed by atoms with Gasteiger partial charge in [-0.25, -0.2) is 9.78 Å². The Morgan fingerprint density at radius 2 is 1.72 bits per heavy atom. The zero-order valence-corrected chi connectivity index (χ0v) is 29.0. The maximum atomic E-state index is 13.2. The Bertz CT molecular complexity index is 1850. The van der Waals surface area contributed by atoms with E-state index in [1.54, 1.807) is 11.0 Å². The minimum absolute atomic E-state index is 0.205. The van der Waals surface area contributed by atoms with Gasteiger partial charge in [0.25, 0.3) is 0 Å². The molecule has 4 heterocycles. The molecule has 3 aliphatic heterocycles. The minimum Gasteiger partial charge on any atom is -0.445 e. The van der Waals surface area contributed by atoms with Crippen LogP contribution in [0.1, 0.15) is 43.0 Å². The number of hydrogen-bond acceptors (Lipinski definition) is 10. The molecule has 2 fully saturated rings. The molecule has 11 nitrogen and oxygen atoms in total. The first-order valence-corrected chi connectivity index (χ1v) is 17.5.